The molecule has 4 saturated carbocycles. The van der Waals surface area contributed by atoms with Gasteiger partial charge in [0.2, 0.25) is 10.0 Å². The fourth-order valence-electron chi connectivity index (χ4n) is 5.85. The van der Waals surface area contributed by atoms with Gasteiger partial charge in [0, 0.05) is 19.2 Å². The van der Waals surface area contributed by atoms with E-state index in [0.717, 1.165) is 37.5 Å². The summed E-state index contributed by atoms with van der Waals surface area (Å²) in [6, 6.07) is 6.22. The first-order valence-corrected chi connectivity index (χ1v) is 11.0. The van der Waals surface area contributed by atoms with Crippen molar-refractivity contribution in [2.24, 2.45) is 23.7 Å². The SMILES string of the molecule is COC1(CNS(=O)(=O)c2cccc(C(C)=O)c2)C2CC3CC(C2)CC1C3. The molecule has 0 radical (unpaired) electrons. The lowest BCUT2D eigenvalue weighted by molar-refractivity contribution is -0.185. The Bertz CT molecular complexity index is 789. The van der Waals surface area contributed by atoms with E-state index in [4.69, 9.17) is 4.74 Å². The molecule has 0 unspecified atom stereocenters. The van der Waals surface area contributed by atoms with Gasteiger partial charge in [0.25, 0.3) is 0 Å². The summed E-state index contributed by atoms with van der Waals surface area (Å²) in [5.74, 6) is 2.33. The van der Waals surface area contributed by atoms with E-state index in [0.29, 0.717) is 23.9 Å². The molecule has 4 fully saturated rings. The molecule has 1 N–H and O–H groups in total. The Labute approximate surface area is 155 Å². The number of ether oxygens (including phenoxy) is 1. The Balaban J connectivity index is 1.55. The van der Waals surface area contributed by atoms with E-state index in [1.807, 2.05) is 0 Å². The minimum absolute atomic E-state index is 0.139. The smallest absolute Gasteiger partial charge is 0.240 e. The summed E-state index contributed by atoms with van der Waals surface area (Å²) in [4.78, 5) is 11.7. The number of rotatable bonds is 6. The first-order chi connectivity index (χ1) is 12.3. The molecule has 0 amide bonds. The number of methoxy groups -OCH3 is 1. The molecule has 4 bridgehead atoms. The fraction of sp³-hybridized carbons (Fsp3) is 0.650. The number of ketones is 1. The van der Waals surface area contributed by atoms with E-state index >= 15 is 0 Å². The van der Waals surface area contributed by atoms with Gasteiger partial charge in [-0.1, -0.05) is 12.1 Å². The Morgan fingerprint density at radius 3 is 2.31 bits per heavy atom. The van der Waals surface area contributed by atoms with Gasteiger partial charge in [0.1, 0.15) is 0 Å². The predicted molar refractivity (Wildman–Crippen MR) is 98.4 cm³/mol. The highest BCUT2D eigenvalue weighted by Crippen LogP contribution is 2.59. The normalized spacial score (nSPS) is 35.6. The summed E-state index contributed by atoms with van der Waals surface area (Å²) < 4.78 is 34.5. The zero-order valence-corrected chi connectivity index (χ0v) is 16.2. The molecule has 26 heavy (non-hydrogen) atoms. The van der Waals surface area contributed by atoms with Crippen molar-refractivity contribution in [2.75, 3.05) is 13.7 Å². The molecule has 0 atom stereocenters. The quantitative estimate of drug-likeness (QED) is 0.774. The van der Waals surface area contributed by atoms with Crippen molar-refractivity contribution in [3.8, 4) is 0 Å². The Hall–Kier alpha value is -1.24. The van der Waals surface area contributed by atoms with E-state index < -0.39 is 15.6 Å². The van der Waals surface area contributed by atoms with Crippen LogP contribution >= 0.6 is 0 Å². The second kappa shape index (κ2) is 6.43. The van der Waals surface area contributed by atoms with Gasteiger partial charge < -0.3 is 4.74 Å². The minimum atomic E-state index is -3.68. The van der Waals surface area contributed by atoms with Crippen LogP contribution in [0.4, 0.5) is 0 Å². The first-order valence-electron chi connectivity index (χ1n) is 9.50. The lowest BCUT2D eigenvalue weighted by Gasteiger charge is -2.60. The molecule has 1 aromatic carbocycles. The van der Waals surface area contributed by atoms with Crippen LogP contribution in [0.5, 0.6) is 0 Å². The van der Waals surface area contributed by atoms with E-state index in [2.05, 4.69) is 4.72 Å². The topological polar surface area (TPSA) is 72.5 Å². The molecule has 0 saturated heterocycles. The molecule has 142 valence electrons. The number of carbonyl (C=O) groups is 1. The van der Waals surface area contributed by atoms with Crippen molar-refractivity contribution in [1.29, 1.82) is 0 Å². The van der Waals surface area contributed by atoms with Crippen molar-refractivity contribution < 1.29 is 17.9 Å². The third kappa shape index (κ3) is 2.92. The van der Waals surface area contributed by atoms with Crippen molar-refractivity contribution >= 4 is 15.8 Å². The Morgan fingerprint density at radius 2 is 1.77 bits per heavy atom. The summed E-state index contributed by atoms with van der Waals surface area (Å²) >= 11 is 0. The Morgan fingerprint density at radius 1 is 1.15 bits per heavy atom. The maximum atomic E-state index is 12.8. The van der Waals surface area contributed by atoms with E-state index in [1.165, 1.54) is 25.5 Å². The van der Waals surface area contributed by atoms with Gasteiger partial charge in [-0.15, -0.1) is 0 Å². The first kappa shape index (κ1) is 18.1. The number of hydrogen-bond acceptors (Lipinski definition) is 4. The van der Waals surface area contributed by atoms with Crippen molar-refractivity contribution in [3.05, 3.63) is 29.8 Å². The maximum absolute atomic E-state index is 12.8. The van der Waals surface area contributed by atoms with Crippen molar-refractivity contribution in [2.45, 2.75) is 49.5 Å². The number of carbonyl (C=O) groups excluding carboxylic acids is 1. The van der Waals surface area contributed by atoms with E-state index in [1.54, 1.807) is 19.2 Å². The highest BCUT2D eigenvalue weighted by molar-refractivity contribution is 7.89. The second-order valence-corrected chi connectivity index (χ2v) is 10.1. The summed E-state index contributed by atoms with van der Waals surface area (Å²) in [7, 11) is -1.95. The summed E-state index contributed by atoms with van der Waals surface area (Å²) in [6.45, 7) is 1.75. The third-order valence-electron chi connectivity index (χ3n) is 6.99. The van der Waals surface area contributed by atoms with Crippen LogP contribution in [0.2, 0.25) is 0 Å². The van der Waals surface area contributed by atoms with Crippen molar-refractivity contribution in [3.63, 3.8) is 0 Å². The molecule has 4 aliphatic carbocycles. The molecule has 4 aliphatic rings. The molecular formula is C20H27NO4S. The molecule has 0 aromatic heterocycles. The number of sulfonamides is 1. The van der Waals surface area contributed by atoms with E-state index in [9.17, 15) is 13.2 Å². The highest BCUT2D eigenvalue weighted by atomic mass is 32.2. The standard InChI is InChI=1S/C20H27NO4S/c1-13(22)16-4-3-5-19(11-16)26(23,24)21-12-20(25-2)17-7-14-6-15(9-17)10-18(20)8-14/h3-5,11,14-15,17-18,21H,6-10,12H2,1-2H3. The molecule has 0 aliphatic heterocycles. The van der Waals surface area contributed by atoms with Crippen LogP contribution in [0.25, 0.3) is 0 Å². The lowest BCUT2D eigenvalue weighted by atomic mass is 9.50. The predicted octanol–water partition coefficient (Wildman–Crippen LogP) is 3.01. The van der Waals surface area contributed by atoms with E-state index in [-0.39, 0.29) is 10.7 Å². The van der Waals surface area contributed by atoms with Gasteiger partial charge in [0.05, 0.1) is 10.5 Å². The molecule has 5 nitrogen and oxygen atoms in total. The average Bonchev–Trinajstić information content (AvgIpc) is 2.61. The number of hydrogen-bond donors (Lipinski definition) is 1. The van der Waals surface area contributed by atoms with Crippen LogP contribution in [-0.2, 0) is 14.8 Å². The fourth-order valence-corrected chi connectivity index (χ4v) is 6.97. The van der Waals surface area contributed by atoms with Crippen LogP contribution in [0.15, 0.2) is 29.2 Å². The van der Waals surface area contributed by atoms with Crippen LogP contribution < -0.4 is 4.72 Å². The number of nitrogens with one attached hydrogen (secondary N) is 1. The molecule has 0 heterocycles. The van der Waals surface area contributed by atoms with Crippen LogP contribution in [0, 0.1) is 23.7 Å². The van der Waals surface area contributed by atoms with Crippen LogP contribution in [0.3, 0.4) is 0 Å². The summed E-state index contributed by atoms with van der Waals surface area (Å²) in [5, 5.41) is 0. The van der Waals surface area contributed by atoms with Gasteiger partial charge in [-0.2, -0.15) is 0 Å². The highest BCUT2D eigenvalue weighted by Gasteiger charge is 2.57. The molecule has 5 rings (SSSR count). The van der Waals surface area contributed by atoms with Gasteiger partial charge in [0.15, 0.2) is 5.78 Å². The molecule has 6 heteroatoms. The maximum Gasteiger partial charge on any atom is 0.240 e. The monoisotopic (exact) mass is 377 g/mol. The van der Waals surface area contributed by atoms with Gasteiger partial charge in [-0.3, -0.25) is 4.79 Å². The second-order valence-electron chi connectivity index (χ2n) is 8.37. The van der Waals surface area contributed by atoms with Gasteiger partial charge in [-0.05, 0) is 74.8 Å². The minimum Gasteiger partial charge on any atom is -0.376 e. The lowest BCUT2D eigenvalue weighted by Crippen LogP contribution is -2.63. The molecular weight excluding hydrogens is 350 g/mol. The molecule has 0 spiro atoms. The average molecular weight is 378 g/mol. The number of benzene rings is 1. The van der Waals surface area contributed by atoms with Crippen molar-refractivity contribution in [1.82, 2.24) is 4.72 Å². The van der Waals surface area contributed by atoms with Crippen LogP contribution in [0.1, 0.15) is 49.4 Å². The Kier molecular flexibility index (Phi) is 4.48. The third-order valence-corrected chi connectivity index (χ3v) is 8.39. The summed E-state index contributed by atoms with van der Waals surface area (Å²) in [6.07, 6.45) is 5.96. The molecule has 1 aromatic rings. The zero-order valence-electron chi connectivity index (χ0n) is 15.4. The van der Waals surface area contributed by atoms with Gasteiger partial charge >= 0.3 is 0 Å². The van der Waals surface area contributed by atoms with Gasteiger partial charge in [-0.25, -0.2) is 13.1 Å². The summed E-state index contributed by atoms with van der Waals surface area (Å²) in [5.41, 5.74) is 0.0162. The zero-order chi connectivity index (χ0) is 18.5. The number of Topliss-reactive ketones (excluding diaryl/α,β-unsaturated/α-hetero) is 1. The van der Waals surface area contributed by atoms with Crippen LogP contribution in [-0.4, -0.2) is 33.5 Å². The largest absolute Gasteiger partial charge is 0.376 e.